The van der Waals surface area contributed by atoms with Crippen molar-refractivity contribution in [3.63, 3.8) is 0 Å². The minimum Gasteiger partial charge on any atom is -0.480 e. The van der Waals surface area contributed by atoms with Crippen LogP contribution in [0, 0.1) is 6.92 Å². The average Bonchev–Trinajstić information content (AvgIpc) is 2.36. The van der Waals surface area contributed by atoms with E-state index in [1.54, 1.807) is 0 Å². The first-order valence-corrected chi connectivity index (χ1v) is 5.60. The number of aliphatic carboxylic acids is 1. The zero-order valence-electron chi connectivity index (χ0n) is 11.0. The Hall–Kier alpha value is -1.35. The summed E-state index contributed by atoms with van der Waals surface area (Å²) in [6.45, 7) is 9.81. The normalized spacial score (nSPS) is 6.88. The molecule has 0 heterocycles. The lowest BCUT2D eigenvalue weighted by molar-refractivity contribution is -0.135. The molecule has 3 N–H and O–H groups in total. The molecule has 16 heavy (non-hydrogen) atoms. The topological polar surface area (TPSA) is 63.3 Å². The second-order valence-corrected chi connectivity index (χ2v) is 2.25. The number of rotatable bonds is 1. The first-order chi connectivity index (χ1) is 7.66. The molecule has 1 aromatic carbocycles. The Morgan fingerprint density at radius 2 is 1.44 bits per heavy atom. The number of hydrogen-bond donors (Lipinski definition) is 2. The highest BCUT2D eigenvalue weighted by Gasteiger charge is 1.81. The Balaban J connectivity index is -0.000000167. The molecule has 0 unspecified atom stereocenters. The van der Waals surface area contributed by atoms with Crippen LogP contribution in [0.1, 0.15) is 33.3 Å². The molecule has 0 aliphatic heterocycles. The number of hydrogen-bond acceptors (Lipinski definition) is 2. The van der Waals surface area contributed by atoms with E-state index in [9.17, 15) is 4.79 Å². The molecule has 3 nitrogen and oxygen atoms in total. The van der Waals surface area contributed by atoms with Gasteiger partial charge in [-0.3, -0.25) is 4.79 Å². The van der Waals surface area contributed by atoms with Crippen molar-refractivity contribution in [2.24, 2.45) is 5.73 Å². The van der Waals surface area contributed by atoms with Gasteiger partial charge in [0.1, 0.15) is 0 Å². The summed E-state index contributed by atoms with van der Waals surface area (Å²) in [4.78, 5) is 9.24. The van der Waals surface area contributed by atoms with E-state index in [1.807, 2.05) is 45.9 Å². The number of carboxylic acid groups (broad SMARTS) is 1. The lowest BCUT2D eigenvalue weighted by Crippen LogP contribution is -2.10. The maximum atomic E-state index is 9.24. The Morgan fingerprint density at radius 3 is 1.56 bits per heavy atom. The summed E-state index contributed by atoms with van der Waals surface area (Å²) >= 11 is 0. The lowest BCUT2D eigenvalue weighted by atomic mass is 10.2. The maximum Gasteiger partial charge on any atom is 0.317 e. The predicted molar refractivity (Wildman–Crippen MR) is 70.6 cm³/mol. The van der Waals surface area contributed by atoms with Crippen molar-refractivity contribution in [2.75, 3.05) is 6.54 Å². The number of carbonyl (C=O) groups is 1. The third kappa shape index (κ3) is 22.9. The summed E-state index contributed by atoms with van der Waals surface area (Å²) in [5, 5.41) is 7.60. The molecule has 0 atom stereocenters. The summed E-state index contributed by atoms with van der Waals surface area (Å²) in [6.07, 6.45) is 0. The van der Waals surface area contributed by atoms with E-state index in [0.29, 0.717) is 0 Å². The van der Waals surface area contributed by atoms with Crippen LogP contribution in [0.5, 0.6) is 0 Å². The van der Waals surface area contributed by atoms with Crippen LogP contribution in [0.2, 0.25) is 0 Å². The average molecular weight is 227 g/mol. The quantitative estimate of drug-likeness (QED) is 0.775. The van der Waals surface area contributed by atoms with Crippen LogP contribution in [-0.4, -0.2) is 17.6 Å². The van der Waals surface area contributed by atoms with Gasteiger partial charge < -0.3 is 10.8 Å². The number of aryl methyl sites for hydroxylation is 1. The maximum absolute atomic E-state index is 9.24. The van der Waals surface area contributed by atoms with Crippen LogP contribution in [0.25, 0.3) is 0 Å². The molecular weight excluding hydrogens is 202 g/mol. The molecule has 0 aromatic heterocycles. The van der Waals surface area contributed by atoms with Gasteiger partial charge in [0.15, 0.2) is 0 Å². The third-order valence-corrected chi connectivity index (χ3v) is 1.12. The zero-order valence-corrected chi connectivity index (χ0v) is 11.0. The minimum absolute atomic E-state index is 0.278. The highest BCUT2D eigenvalue weighted by atomic mass is 16.4. The van der Waals surface area contributed by atoms with Gasteiger partial charge in [0.05, 0.1) is 6.54 Å². The molecule has 0 bridgehead atoms. The molecule has 0 fully saturated rings. The lowest BCUT2D eigenvalue weighted by Gasteiger charge is -1.82. The molecule has 0 aliphatic carbocycles. The SMILES string of the molecule is CC.CC.Cc1ccccc1.NCC(=O)O. The van der Waals surface area contributed by atoms with Gasteiger partial charge in [-0.25, -0.2) is 0 Å². The first-order valence-electron chi connectivity index (χ1n) is 5.60. The van der Waals surface area contributed by atoms with Crippen molar-refractivity contribution in [1.29, 1.82) is 0 Å². The predicted octanol–water partition coefficient (Wildman–Crippen LogP) is 3.08. The number of nitrogens with two attached hydrogens (primary N) is 1. The molecule has 0 amide bonds. The smallest absolute Gasteiger partial charge is 0.317 e. The molecule has 94 valence electrons. The van der Waals surface area contributed by atoms with Crippen molar-refractivity contribution in [2.45, 2.75) is 34.6 Å². The van der Waals surface area contributed by atoms with Gasteiger partial charge in [0.25, 0.3) is 0 Å². The molecular formula is C13H25NO2. The first kappa shape index (κ1) is 20.1. The Morgan fingerprint density at radius 1 is 1.12 bits per heavy atom. The molecule has 0 saturated heterocycles. The van der Waals surface area contributed by atoms with Crippen molar-refractivity contribution < 1.29 is 9.90 Å². The molecule has 1 rings (SSSR count). The fourth-order valence-electron chi connectivity index (χ4n) is 0.534. The van der Waals surface area contributed by atoms with Crippen LogP contribution in [-0.2, 0) is 4.79 Å². The van der Waals surface area contributed by atoms with Gasteiger partial charge in [-0.15, -0.1) is 0 Å². The second kappa shape index (κ2) is 19.3. The van der Waals surface area contributed by atoms with Crippen molar-refractivity contribution in [3.8, 4) is 0 Å². The van der Waals surface area contributed by atoms with Crippen LogP contribution in [0.3, 0.4) is 0 Å². The largest absolute Gasteiger partial charge is 0.480 e. The summed E-state index contributed by atoms with van der Waals surface area (Å²) < 4.78 is 0. The van der Waals surface area contributed by atoms with E-state index < -0.39 is 5.97 Å². The van der Waals surface area contributed by atoms with Gasteiger partial charge in [-0.1, -0.05) is 63.6 Å². The fraction of sp³-hybridized carbons (Fsp3) is 0.462. The van der Waals surface area contributed by atoms with Crippen molar-refractivity contribution in [1.82, 2.24) is 0 Å². The van der Waals surface area contributed by atoms with E-state index in [0.717, 1.165) is 0 Å². The Labute approximate surface area is 99.3 Å². The molecule has 0 spiro atoms. The van der Waals surface area contributed by atoms with Gasteiger partial charge in [-0.05, 0) is 6.92 Å². The molecule has 0 saturated carbocycles. The summed E-state index contributed by atoms with van der Waals surface area (Å²) in [5.41, 5.74) is 5.89. The molecule has 0 aliphatic rings. The Bertz CT molecular complexity index is 223. The van der Waals surface area contributed by atoms with E-state index in [1.165, 1.54) is 5.56 Å². The summed E-state index contributed by atoms with van der Waals surface area (Å²) in [6, 6.07) is 10.3. The van der Waals surface area contributed by atoms with E-state index in [2.05, 4.69) is 24.8 Å². The van der Waals surface area contributed by atoms with Gasteiger partial charge >= 0.3 is 5.97 Å². The highest BCUT2D eigenvalue weighted by molar-refractivity contribution is 5.68. The molecule has 3 heteroatoms. The minimum atomic E-state index is -0.968. The van der Waals surface area contributed by atoms with Crippen molar-refractivity contribution >= 4 is 5.97 Å². The van der Waals surface area contributed by atoms with E-state index in [4.69, 9.17) is 5.11 Å². The van der Waals surface area contributed by atoms with Gasteiger partial charge in [0, 0.05) is 0 Å². The van der Waals surface area contributed by atoms with Gasteiger partial charge in [-0.2, -0.15) is 0 Å². The van der Waals surface area contributed by atoms with E-state index in [-0.39, 0.29) is 6.54 Å². The standard InChI is InChI=1S/C7H8.C2H5NO2.2C2H6/c1-7-5-3-2-4-6-7;3-1-2(4)5;2*1-2/h2-6H,1H3;1,3H2,(H,4,5);2*1-2H3. The monoisotopic (exact) mass is 227 g/mol. The Kier molecular flexibility index (Phi) is 24.2. The fourth-order valence-corrected chi connectivity index (χ4v) is 0.534. The van der Waals surface area contributed by atoms with Crippen LogP contribution in [0.4, 0.5) is 0 Å². The third-order valence-electron chi connectivity index (χ3n) is 1.12. The van der Waals surface area contributed by atoms with Crippen LogP contribution < -0.4 is 5.73 Å². The zero-order chi connectivity index (χ0) is 13.4. The van der Waals surface area contributed by atoms with Crippen molar-refractivity contribution in [3.05, 3.63) is 35.9 Å². The van der Waals surface area contributed by atoms with Crippen LogP contribution in [0.15, 0.2) is 30.3 Å². The van der Waals surface area contributed by atoms with Gasteiger partial charge in [0.2, 0.25) is 0 Å². The van der Waals surface area contributed by atoms with Crippen LogP contribution >= 0.6 is 0 Å². The van der Waals surface area contributed by atoms with E-state index >= 15 is 0 Å². The highest BCUT2D eigenvalue weighted by Crippen LogP contribution is 1.92. The summed E-state index contributed by atoms with van der Waals surface area (Å²) in [7, 11) is 0. The second-order valence-electron chi connectivity index (χ2n) is 2.25. The molecule has 0 radical (unpaired) electrons. The number of benzene rings is 1. The number of carboxylic acids is 1. The molecule has 1 aromatic rings. The summed E-state index contributed by atoms with van der Waals surface area (Å²) in [5.74, 6) is -0.968.